The summed E-state index contributed by atoms with van der Waals surface area (Å²) in [4.78, 5) is 0. The van der Waals surface area contributed by atoms with Crippen molar-refractivity contribution in [3.05, 3.63) is 71.3 Å². The lowest BCUT2D eigenvalue weighted by Crippen LogP contribution is -1.88. The second-order valence-electron chi connectivity index (χ2n) is 4.60. The van der Waals surface area contributed by atoms with E-state index in [-0.39, 0.29) is 0 Å². The van der Waals surface area contributed by atoms with Crippen molar-refractivity contribution in [3.63, 3.8) is 0 Å². The lowest BCUT2D eigenvalue weighted by atomic mass is 10.1. The quantitative estimate of drug-likeness (QED) is 0.619. The largest absolute Gasteiger partial charge is 0.350 e. The molecule has 3 rings (SSSR count). The van der Waals surface area contributed by atoms with E-state index < -0.39 is 0 Å². The summed E-state index contributed by atoms with van der Waals surface area (Å²) >= 11 is 3.47. The van der Waals surface area contributed by atoms with Gasteiger partial charge in [-0.3, -0.25) is 0 Å². The molecule has 0 radical (unpaired) electrons. The Balaban J connectivity index is 2.05. The molecule has 0 fully saturated rings. The highest BCUT2D eigenvalue weighted by Crippen LogP contribution is 2.28. The van der Waals surface area contributed by atoms with E-state index >= 15 is 0 Å². The topological polar surface area (TPSA) is 4.93 Å². The van der Waals surface area contributed by atoms with Crippen molar-refractivity contribution in [2.75, 3.05) is 0 Å². The number of halogens is 1. The maximum atomic E-state index is 3.47. The van der Waals surface area contributed by atoms with E-state index in [9.17, 15) is 0 Å². The molecule has 2 aromatic carbocycles. The van der Waals surface area contributed by atoms with Crippen LogP contribution in [0, 0.1) is 0 Å². The minimum absolute atomic E-state index is 1.11. The van der Waals surface area contributed by atoms with Gasteiger partial charge in [0.15, 0.2) is 0 Å². The van der Waals surface area contributed by atoms with E-state index in [2.05, 4.69) is 88.3 Å². The average Bonchev–Trinajstić information content (AvgIpc) is 2.83. The van der Waals surface area contributed by atoms with Crippen LogP contribution in [0.5, 0.6) is 0 Å². The Kier molecular flexibility index (Phi) is 3.26. The van der Waals surface area contributed by atoms with Gasteiger partial charge in [0.1, 0.15) is 0 Å². The zero-order valence-electron chi connectivity index (χ0n) is 10.7. The first-order valence-corrected chi connectivity index (χ1v) is 7.01. The molecule has 0 aliphatic carbocycles. The highest BCUT2D eigenvalue weighted by atomic mass is 79.9. The molecular formula is C17H14BrN. The highest BCUT2D eigenvalue weighted by Gasteiger charge is 2.06. The summed E-state index contributed by atoms with van der Waals surface area (Å²) in [5.41, 5.74) is 4.96. The third kappa shape index (κ3) is 2.49. The van der Waals surface area contributed by atoms with Crippen LogP contribution in [0.4, 0.5) is 0 Å². The number of hydrogen-bond donors (Lipinski definition) is 0. The first-order chi connectivity index (χ1) is 9.24. The van der Waals surface area contributed by atoms with Gasteiger partial charge in [-0.15, -0.1) is 0 Å². The normalized spacial score (nSPS) is 10.6. The minimum Gasteiger partial charge on any atom is -0.350 e. The minimum atomic E-state index is 1.11. The van der Waals surface area contributed by atoms with Crippen LogP contribution in [0.2, 0.25) is 0 Å². The summed E-state index contributed by atoms with van der Waals surface area (Å²) in [7, 11) is 2.09. The molecule has 0 amide bonds. The Labute approximate surface area is 121 Å². The van der Waals surface area contributed by atoms with Gasteiger partial charge in [-0.05, 0) is 34.9 Å². The van der Waals surface area contributed by atoms with Crippen molar-refractivity contribution in [1.82, 2.24) is 4.57 Å². The van der Waals surface area contributed by atoms with Gasteiger partial charge in [0.25, 0.3) is 0 Å². The maximum absolute atomic E-state index is 3.47. The predicted octanol–water partition coefficient (Wildman–Crippen LogP) is 5.12. The third-order valence-corrected chi connectivity index (χ3v) is 3.78. The van der Waals surface area contributed by atoms with Gasteiger partial charge in [0.2, 0.25) is 0 Å². The summed E-state index contributed by atoms with van der Waals surface area (Å²) in [6, 6.07) is 21.1. The Morgan fingerprint density at radius 2 is 1.47 bits per heavy atom. The van der Waals surface area contributed by atoms with Gasteiger partial charge in [-0.2, -0.15) is 0 Å². The first kappa shape index (κ1) is 12.2. The average molecular weight is 312 g/mol. The van der Waals surface area contributed by atoms with Gasteiger partial charge in [0.05, 0.1) is 0 Å². The molecule has 0 aliphatic rings. The zero-order chi connectivity index (χ0) is 13.2. The van der Waals surface area contributed by atoms with E-state index in [1.165, 1.54) is 22.4 Å². The number of nitrogens with zero attached hydrogens (tertiary/aromatic N) is 1. The summed E-state index contributed by atoms with van der Waals surface area (Å²) in [6.07, 6.45) is 2.17. The molecular weight excluding hydrogens is 298 g/mol. The molecule has 19 heavy (non-hydrogen) atoms. The van der Waals surface area contributed by atoms with Crippen LogP contribution in [0.25, 0.3) is 22.4 Å². The number of rotatable bonds is 2. The summed E-state index contributed by atoms with van der Waals surface area (Å²) in [5.74, 6) is 0. The molecule has 0 saturated carbocycles. The third-order valence-electron chi connectivity index (χ3n) is 3.25. The van der Waals surface area contributed by atoms with E-state index in [0.717, 1.165) is 4.47 Å². The fourth-order valence-electron chi connectivity index (χ4n) is 2.26. The molecule has 0 unspecified atom stereocenters. The first-order valence-electron chi connectivity index (χ1n) is 6.22. The van der Waals surface area contributed by atoms with Gasteiger partial charge in [0, 0.05) is 23.4 Å². The molecule has 0 bridgehead atoms. The Bertz CT molecular complexity index is 681. The van der Waals surface area contributed by atoms with Crippen LogP contribution < -0.4 is 0 Å². The van der Waals surface area contributed by atoms with Crippen molar-refractivity contribution in [2.45, 2.75) is 0 Å². The van der Waals surface area contributed by atoms with Crippen LogP contribution in [0.1, 0.15) is 0 Å². The van der Waals surface area contributed by atoms with Crippen molar-refractivity contribution in [1.29, 1.82) is 0 Å². The summed E-state index contributed by atoms with van der Waals surface area (Å²) < 4.78 is 3.28. The molecule has 0 saturated heterocycles. The van der Waals surface area contributed by atoms with E-state index in [1.807, 2.05) is 6.07 Å². The van der Waals surface area contributed by atoms with Gasteiger partial charge < -0.3 is 4.57 Å². The molecule has 0 atom stereocenters. The van der Waals surface area contributed by atoms with E-state index in [1.54, 1.807) is 0 Å². The Hall–Kier alpha value is -1.80. The van der Waals surface area contributed by atoms with Crippen LogP contribution in [-0.2, 0) is 7.05 Å². The molecule has 0 N–H and O–H groups in total. The Morgan fingerprint density at radius 3 is 2.16 bits per heavy atom. The molecule has 0 aliphatic heterocycles. The van der Waals surface area contributed by atoms with E-state index in [4.69, 9.17) is 0 Å². The second kappa shape index (κ2) is 5.06. The van der Waals surface area contributed by atoms with Gasteiger partial charge in [-0.1, -0.05) is 58.4 Å². The van der Waals surface area contributed by atoms with Crippen molar-refractivity contribution < 1.29 is 0 Å². The monoisotopic (exact) mass is 311 g/mol. The summed E-state index contributed by atoms with van der Waals surface area (Å²) in [6.45, 7) is 0. The number of aromatic nitrogens is 1. The van der Waals surface area contributed by atoms with Crippen molar-refractivity contribution >= 4 is 15.9 Å². The van der Waals surface area contributed by atoms with Crippen LogP contribution in [0.3, 0.4) is 0 Å². The fraction of sp³-hybridized carbons (Fsp3) is 0.0588. The zero-order valence-corrected chi connectivity index (χ0v) is 12.3. The molecule has 0 spiro atoms. The van der Waals surface area contributed by atoms with Crippen LogP contribution >= 0.6 is 15.9 Å². The molecule has 1 heterocycles. The smallest absolute Gasteiger partial charge is 0.0484 e. The van der Waals surface area contributed by atoms with Crippen LogP contribution in [-0.4, -0.2) is 4.57 Å². The number of benzene rings is 2. The predicted molar refractivity (Wildman–Crippen MR) is 84.0 cm³/mol. The Morgan fingerprint density at radius 1 is 0.789 bits per heavy atom. The van der Waals surface area contributed by atoms with Gasteiger partial charge >= 0.3 is 0 Å². The van der Waals surface area contributed by atoms with Crippen LogP contribution in [0.15, 0.2) is 71.3 Å². The summed E-state index contributed by atoms with van der Waals surface area (Å²) in [5, 5.41) is 0. The lowest BCUT2D eigenvalue weighted by molar-refractivity contribution is 0.938. The molecule has 1 aromatic heterocycles. The lowest BCUT2D eigenvalue weighted by Gasteiger charge is -2.02. The molecule has 1 nitrogen and oxygen atoms in total. The molecule has 3 aromatic rings. The standard InChI is InChI=1S/C17H14BrN/c1-19-12-15(13-5-3-2-4-6-13)11-17(19)14-7-9-16(18)10-8-14/h2-12H,1H3. The second-order valence-corrected chi connectivity index (χ2v) is 5.51. The molecule has 2 heteroatoms. The van der Waals surface area contributed by atoms with Crippen molar-refractivity contribution in [2.24, 2.45) is 7.05 Å². The maximum Gasteiger partial charge on any atom is 0.0484 e. The highest BCUT2D eigenvalue weighted by molar-refractivity contribution is 9.10. The van der Waals surface area contributed by atoms with Gasteiger partial charge in [-0.25, -0.2) is 0 Å². The molecule has 94 valence electrons. The van der Waals surface area contributed by atoms with Crippen molar-refractivity contribution in [3.8, 4) is 22.4 Å². The number of hydrogen-bond acceptors (Lipinski definition) is 0. The van der Waals surface area contributed by atoms with E-state index in [0.29, 0.717) is 0 Å². The fourth-order valence-corrected chi connectivity index (χ4v) is 2.52. The SMILES string of the molecule is Cn1cc(-c2ccccc2)cc1-c1ccc(Br)cc1. The number of aryl methyl sites for hydroxylation is 1.